The Bertz CT molecular complexity index is 857. The van der Waals surface area contributed by atoms with Gasteiger partial charge in [-0.25, -0.2) is 0 Å². The van der Waals surface area contributed by atoms with Gasteiger partial charge in [0.2, 0.25) is 5.82 Å². The van der Waals surface area contributed by atoms with Crippen molar-refractivity contribution < 1.29 is 17.9 Å². The Kier molecular flexibility index (Phi) is 6.86. The number of hydrogen-bond donors (Lipinski definition) is 1. The number of ether oxygens (including phenoxy) is 1. The Morgan fingerprint density at radius 2 is 1.90 bits per heavy atom. The van der Waals surface area contributed by atoms with Crippen LogP contribution < -0.4 is 5.32 Å². The quantitative estimate of drug-likeness (QED) is 0.443. The van der Waals surface area contributed by atoms with E-state index in [1.807, 2.05) is 13.0 Å². The fraction of sp³-hybridized carbons (Fsp3) is 0.650. The second-order valence-corrected chi connectivity index (χ2v) is 14.7. The highest BCUT2D eigenvalue weighted by Gasteiger charge is 2.39. The zero-order valence-corrected chi connectivity index (χ0v) is 19.0. The molecule has 2 aromatic rings. The number of alkyl halides is 3. The molecule has 1 saturated carbocycles. The number of halogens is 3. The van der Waals surface area contributed by atoms with Crippen molar-refractivity contribution in [1.29, 1.82) is 0 Å². The number of pyridine rings is 1. The van der Waals surface area contributed by atoms with E-state index in [9.17, 15) is 13.2 Å². The summed E-state index contributed by atoms with van der Waals surface area (Å²) in [6, 6.07) is 3.05. The van der Waals surface area contributed by atoms with Crippen LogP contribution >= 0.6 is 0 Å². The molecule has 0 radical (unpaired) electrons. The Balaban J connectivity index is 1.86. The van der Waals surface area contributed by atoms with E-state index < -0.39 is 20.1 Å². The largest absolute Gasteiger partial charge is 0.451 e. The number of aromatic nitrogens is 4. The lowest BCUT2D eigenvalue weighted by Gasteiger charge is -2.18. The Labute approximate surface area is 176 Å². The minimum absolute atomic E-state index is 0.109. The van der Waals surface area contributed by atoms with E-state index in [0.717, 1.165) is 34.8 Å². The van der Waals surface area contributed by atoms with E-state index in [1.165, 1.54) is 19.0 Å². The van der Waals surface area contributed by atoms with Crippen LogP contribution in [0.3, 0.4) is 0 Å². The number of nitrogens with one attached hydrogen (secondary N) is 1. The fourth-order valence-corrected chi connectivity index (χ4v) is 4.23. The van der Waals surface area contributed by atoms with Crippen molar-refractivity contribution in [2.75, 3.05) is 11.9 Å². The molecule has 0 aliphatic heterocycles. The Morgan fingerprint density at radius 3 is 2.53 bits per heavy atom. The first-order valence-corrected chi connectivity index (χ1v) is 14.1. The standard InChI is InChI=1S/C20H30F3N5OSi/c1-14-17(25-16-7-5-6-8-16)11-15(12-24-14)18-26-27-19(20(21,22)23)28(18)13-29-9-10-30(2,3)4/h11-12,16,25H,5-10,13H2,1-4H3. The van der Waals surface area contributed by atoms with Crippen LogP contribution in [-0.4, -0.2) is 40.5 Å². The lowest BCUT2D eigenvalue weighted by atomic mass is 10.1. The highest BCUT2D eigenvalue weighted by molar-refractivity contribution is 6.76. The van der Waals surface area contributed by atoms with E-state index in [1.54, 1.807) is 0 Å². The van der Waals surface area contributed by atoms with Crippen molar-refractivity contribution in [3.05, 3.63) is 23.8 Å². The summed E-state index contributed by atoms with van der Waals surface area (Å²) in [6.07, 6.45) is 1.46. The normalized spacial score (nSPS) is 15.7. The zero-order chi connectivity index (χ0) is 21.9. The summed E-state index contributed by atoms with van der Waals surface area (Å²) >= 11 is 0. The van der Waals surface area contributed by atoms with Crippen molar-refractivity contribution in [3.63, 3.8) is 0 Å². The highest BCUT2D eigenvalue weighted by atomic mass is 28.3. The maximum Gasteiger partial charge on any atom is 0.451 e. The molecule has 0 amide bonds. The Hall–Kier alpha value is -1.94. The summed E-state index contributed by atoms with van der Waals surface area (Å²) in [4.78, 5) is 4.38. The monoisotopic (exact) mass is 441 g/mol. The third-order valence-electron chi connectivity index (χ3n) is 5.28. The van der Waals surface area contributed by atoms with Crippen molar-refractivity contribution in [3.8, 4) is 11.4 Å². The molecule has 2 heterocycles. The van der Waals surface area contributed by atoms with Gasteiger partial charge in [-0.05, 0) is 31.9 Å². The lowest BCUT2D eigenvalue weighted by Crippen LogP contribution is -2.23. The number of aryl methyl sites for hydroxylation is 1. The van der Waals surface area contributed by atoms with Crippen LogP contribution in [0.25, 0.3) is 11.4 Å². The lowest BCUT2D eigenvalue weighted by molar-refractivity contribution is -0.149. The first-order chi connectivity index (χ1) is 14.0. The molecule has 0 bridgehead atoms. The van der Waals surface area contributed by atoms with Gasteiger partial charge < -0.3 is 10.1 Å². The summed E-state index contributed by atoms with van der Waals surface area (Å²) in [5, 5.41) is 10.7. The van der Waals surface area contributed by atoms with Gasteiger partial charge in [-0.1, -0.05) is 32.5 Å². The van der Waals surface area contributed by atoms with Gasteiger partial charge in [-0.3, -0.25) is 9.55 Å². The molecule has 2 aromatic heterocycles. The van der Waals surface area contributed by atoms with Crippen LogP contribution in [0.4, 0.5) is 18.9 Å². The van der Waals surface area contributed by atoms with Crippen molar-refractivity contribution in [2.24, 2.45) is 0 Å². The molecule has 6 nitrogen and oxygen atoms in total. The maximum atomic E-state index is 13.5. The smallest absolute Gasteiger partial charge is 0.381 e. The Morgan fingerprint density at radius 1 is 1.20 bits per heavy atom. The summed E-state index contributed by atoms with van der Waals surface area (Å²) in [5.41, 5.74) is 2.11. The van der Waals surface area contributed by atoms with Gasteiger partial charge in [0.1, 0.15) is 6.73 Å². The molecule has 0 spiro atoms. The minimum atomic E-state index is -4.61. The van der Waals surface area contributed by atoms with E-state index in [-0.39, 0.29) is 12.6 Å². The molecule has 30 heavy (non-hydrogen) atoms. The summed E-state index contributed by atoms with van der Waals surface area (Å²) < 4.78 is 47.1. The second kappa shape index (κ2) is 9.05. The van der Waals surface area contributed by atoms with Crippen LogP contribution in [0.15, 0.2) is 12.3 Å². The summed E-state index contributed by atoms with van der Waals surface area (Å²) in [7, 11) is -1.34. The average Bonchev–Trinajstić information content (AvgIpc) is 3.29. The van der Waals surface area contributed by atoms with Gasteiger partial charge in [0.05, 0.1) is 11.4 Å². The third-order valence-corrected chi connectivity index (χ3v) is 6.99. The van der Waals surface area contributed by atoms with Gasteiger partial charge in [-0.2, -0.15) is 13.2 Å². The number of nitrogens with zero attached hydrogens (tertiary/aromatic N) is 4. The predicted molar refractivity (Wildman–Crippen MR) is 113 cm³/mol. The van der Waals surface area contributed by atoms with Gasteiger partial charge in [0, 0.05) is 32.5 Å². The molecule has 166 valence electrons. The number of hydrogen-bond acceptors (Lipinski definition) is 5. The zero-order valence-electron chi connectivity index (χ0n) is 18.0. The summed E-state index contributed by atoms with van der Waals surface area (Å²) in [6.45, 7) is 8.62. The predicted octanol–water partition coefficient (Wildman–Crippen LogP) is 5.33. The molecule has 1 fully saturated rings. The highest BCUT2D eigenvalue weighted by Crippen LogP contribution is 2.32. The SMILES string of the molecule is Cc1ncc(-c2nnc(C(F)(F)F)n2COCC[Si](C)(C)C)cc1NC1CCCC1. The molecule has 10 heteroatoms. The van der Waals surface area contributed by atoms with Crippen molar-refractivity contribution in [1.82, 2.24) is 19.7 Å². The first kappa shape index (κ1) is 22.7. The van der Waals surface area contributed by atoms with Gasteiger partial charge in [-0.15, -0.1) is 10.2 Å². The van der Waals surface area contributed by atoms with Crippen molar-refractivity contribution in [2.45, 2.75) is 77.2 Å². The summed E-state index contributed by atoms with van der Waals surface area (Å²) in [5.74, 6) is -0.950. The van der Waals surface area contributed by atoms with Gasteiger partial charge in [0.15, 0.2) is 5.82 Å². The minimum Gasteiger partial charge on any atom is -0.381 e. The maximum absolute atomic E-state index is 13.5. The van der Waals surface area contributed by atoms with Crippen LogP contribution in [0.1, 0.15) is 37.2 Å². The molecule has 1 aliphatic rings. The molecule has 0 saturated heterocycles. The number of rotatable bonds is 8. The molecule has 1 N–H and O–H groups in total. The first-order valence-electron chi connectivity index (χ1n) is 10.4. The molecular formula is C20H30F3N5OSi. The second-order valence-electron chi connectivity index (χ2n) is 9.10. The van der Waals surface area contributed by atoms with Crippen LogP contribution in [0, 0.1) is 6.92 Å². The van der Waals surface area contributed by atoms with Crippen LogP contribution in [0.5, 0.6) is 0 Å². The fourth-order valence-electron chi connectivity index (χ4n) is 3.47. The van der Waals surface area contributed by atoms with Crippen LogP contribution in [-0.2, 0) is 17.6 Å². The third kappa shape index (κ3) is 5.81. The van der Waals surface area contributed by atoms with E-state index >= 15 is 0 Å². The van der Waals surface area contributed by atoms with E-state index in [2.05, 4.69) is 40.1 Å². The molecule has 0 atom stereocenters. The number of anilines is 1. The topological polar surface area (TPSA) is 64.9 Å². The molecule has 0 aromatic carbocycles. The van der Waals surface area contributed by atoms with Crippen molar-refractivity contribution >= 4 is 13.8 Å². The van der Waals surface area contributed by atoms with Gasteiger partial charge in [0.25, 0.3) is 0 Å². The van der Waals surface area contributed by atoms with Gasteiger partial charge >= 0.3 is 6.18 Å². The van der Waals surface area contributed by atoms with Crippen LogP contribution in [0.2, 0.25) is 25.7 Å². The molecule has 3 rings (SSSR count). The molecule has 1 aliphatic carbocycles. The average molecular weight is 442 g/mol. The molecule has 0 unspecified atom stereocenters. The van der Waals surface area contributed by atoms with E-state index in [0.29, 0.717) is 18.2 Å². The van der Waals surface area contributed by atoms with E-state index in [4.69, 9.17) is 4.74 Å². The molecular weight excluding hydrogens is 411 g/mol.